The number of amides is 1. The number of anilines is 1. The van der Waals surface area contributed by atoms with Gasteiger partial charge in [0.15, 0.2) is 0 Å². The van der Waals surface area contributed by atoms with Crippen molar-refractivity contribution in [3.63, 3.8) is 0 Å². The van der Waals surface area contributed by atoms with Crippen LogP contribution in [0.15, 0.2) is 22.7 Å². The van der Waals surface area contributed by atoms with Crippen molar-refractivity contribution in [3.05, 3.63) is 27.7 Å². The highest BCUT2D eigenvalue weighted by molar-refractivity contribution is 9.10. The Morgan fingerprint density at radius 2 is 2.29 bits per heavy atom. The summed E-state index contributed by atoms with van der Waals surface area (Å²) in [6.45, 7) is 0.912. The Kier molecular flexibility index (Phi) is 4.42. The molecule has 0 spiro atoms. The predicted molar refractivity (Wildman–Crippen MR) is 73.4 cm³/mol. The van der Waals surface area contributed by atoms with Gasteiger partial charge in [0.25, 0.3) is 0 Å². The Morgan fingerprint density at radius 3 is 3.00 bits per heavy atom. The van der Waals surface area contributed by atoms with Gasteiger partial charge in [0.1, 0.15) is 0 Å². The maximum Gasteiger partial charge on any atom is 0.241 e. The van der Waals surface area contributed by atoms with Crippen LogP contribution in [-0.2, 0) is 4.79 Å². The van der Waals surface area contributed by atoms with Crippen LogP contribution >= 0.6 is 27.5 Å². The third-order valence-corrected chi connectivity index (χ3v) is 3.74. The van der Waals surface area contributed by atoms with Gasteiger partial charge in [0, 0.05) is 9.50 Å². The number of piperidine rings is 1. The van der Waals surface area contributed by atoms with Crippen LogP contribution in [0.4, 0.5) is 5.69 Å². The summed E-state index contributed by atoms with van der Waals surface area (Å²) in [4.78, 5) is 12.0. The van der Waals surface area contributed by atoms with Crippen LogP contribution in [0.3, 0.4) is 0 Å². The molecule has 1 aliphatic rings. The Balaban J connectivity index is 2.04. The number of carbonyl (C=O) groups is 1. The molecular weight excluding hydrogens is 304 g/mol. The minimum Gasteiger partial charge on any atom is -0.324 e. The molecule has 2 rings (SSSR count). The van der Waals surface area contributed by atoms with Gasteiger partial charge in [0.05, 0.1) is 11.7 Å². The van der Waals surface area contributed by atoms with Gasteiger partial charge < -0.3 is 10.6 Å². The van der Waals surface area contributed by atoms with E-state index in [-0.39, 0.29) is 11.9 Å². The summed E-state index contributed by atoms with van der Waals surface area (Å²) in [5.74, 6) is 0.00710. The Hall–Kier alpha value is -0.580. The fraction of sp³-hybridized carbons (Fsp3) is 0.417. The van der Waals surface area contributed by atoms with Crippen LogP contribution in [0.25, 0.3) is 0 Å². The van der Waals surface area contributed by atoms with Crippen LogP contribution in [-0.4, -0.2) is 18.5 Å². The first-order valence-electron chi connectivity index (χ1n) is 5.66. The lowest BCUT2D eigenvalue weighted by Gasteiger charge is -2.22. The fourth-order valence-electron chi connectivity index (χ4n) is 1.89. The van der Waals surface area contributed by atoms with Crippen molar-refractivity contribution in [2.45, 2.75) is 25.3 Å². The van der Waals surface area contributed by atoms with Gasteiger partial charge in [0.2, 0.25) is 5.91 Å². The summed E-state index contributed by atoms with van der Waals surface area (Å²) in [6.07, 6.45) is 3.14. The number of nitrogens with one attached hydrogen (secondary N) is 2. The monoisotopic (exact) mass is 316 g/mol. The molecule has 17 heavy (non-hydrogen) atoms. The molecule has 1 heterocycles. The molecule has 0 unspecified atom stereocenters. The number of rotatable bonds is 2. The maximum atomic E-state index is 12.0. The molecule has 2 N–H and O–H groups in total. The van der Waals surface area contributed by atoms with E-state index < -0.39 is 0 Å². The van der Waals surface area contributed by atoms with Gasteiger partial charge in [-0.2, -0.15) is 0 Å². The van der Waals surface area contributed by atoms with E-state index in [2.05, 4.69) is 26.6 Å². The van der Waals surface area contributed by atoms with Crippen molar-refractivity contribution in [2.75, 3.05) is 11.9 Å². The standard InChI is InChI=1S/C12H14BrClN2O/c13-9-5-4-8(14)7-11(9)16-12(17)10-3-1-2-6-15-10/h4-5,7,10,15H,1-3,6H2,(H,16,17)/t10-/m1/s1. The van der Waals surface area contributed by atoms with E-state index in [9.17, 15) is 4.79 Å². The van der Waals surface area contributed by atoms with E-state index >= 15 is 0 Å². The molecule has 1 aromatic rings. The molecule has 92 valence electrons. The Morgan fingerprint density at radius 1 is 1.47 bits per heavy atom. The zero-order chi connectivity index (χ0) is 12.3. The van der Waals surface area contributed by atoms with Gasteiger partial charge in [-0.15, -0.1) is 0 Å². The van der Waals surface area contributed by atoms with Crippen molar-refractivity contribution in [1.82, 2.24) is 5.32 Å². The van der Waals surface area contributed by atoms with Gasteiger partial charge in [-0.05, 0) is 53.5 Å². The second-order valence-corrected chi connectivity index (χ2v) is 5.41. The van der Waals surface area contributed by atoms with Crippen molar-refractivity contribution in [1.29, 1.82) is 0 Å². The van der Waals surface area contributed by atoms with E-state index in [0.717, 1.165) is 36.0 Å². The summed E-state index contributed by atoms with van der Waals surface area (Å²) in [5, 5.41) is 6.71. The molecule has 1 aliphatic heterocycles. The molecule has 1 saturated heterocycles. The molecule has 0 bridgehead atoms. The summed E-state index contributed by atoms with van der Waals surface area (Å²) >= 11 is 9.29. The molecule has 1 fully saturated rings. The van der Waals surface area contributed by atoms with Crippen LogP contribution in [0.1, 0.15) is 19.3 Å². The number of halogens is 2. The minimum absolute atomic E-state index is 0.00710. The quantitative estimate of drug-likeness (QED) is 0.879. The van der Waals surface area contributed by atoms with Crippen molar-refractivity contribution >= 4 is 39.1 Å². The van der Waals surface area contributed by atoms with E-state index in [0.29, 0.717) is 5.02 Å². The molecule has 1 atom stereocenters. The lowest BCUT2D eigenvalue weighted by Crippen LogP contribution is -2.43. The molecule has 1 amide bonds. The molecule has 5 heteroatoms. The minimum atomic E-state index is -0.0883. The SMILES string of the molecule is O=C(Nc1cc(Cl)ccc1Br)[C@H]1CCCCN1. The second kappa shape index (κ2) is 5.85. The average molecular weight is 318 g/mol. The lowest BCUT2D eigenvalue weighted by atomic mass is 10.0. The van der Waals surface area contributed by atoms with Crippen LogP contribution in [0.2, 0.25) is 5.02 Å². The van der Waals surface area contributed by atoms with Crippen LogP contribution in [0, 0.1) is 0 Å². The van der Waals surface area contributed by atoms with Crippen molar-refractivity contribution in [3.8, 4) is 0 Å². The summed E-state index contributed by atoms with van der Waals surface area (Å²) in [7, 11) is 0. The fourth-order valence-corrected chi connectivity index (χ4v) is 2.41. The zero-order valence-electron chi connectivity index (χ0n) is 9.30. The highest BCUT2D eigenvalue weighted by Crippen LogP contribution is 2.26. The van der Waals surface area contributed by atoms with Gasteiger partial charge >= 0.3 is 0 Å². The van der Waals surface area contributed by atoms with E-state index in [4.69, 9.17) is 11.6 Å². The largest absolute Gasteiger partial charge is 0.324 e. The summed E-state index contributed by atoms with van der Waals surface area (Å²) < 4.78 is 0.839. The molecule has 0 saturated carbocycles. The maximum absolute atomic E-state index is 12.0. The second-order valence-electron chi connectivity index (χ2n) is 4.12. The van der Waals surface area contributed by atoms with E-state index in [1.54, 1.807) is 12.1 Å². The smallest absolute Gasteiger partial charge is 0.241 e. The number of carbonyl (C=O) groups excluding carboxylic acids is 1. The molecule has 0 aliphatic carbocycles. The number of hydrogen-bond donors (Lipinski definition) is 2. The first-order chi connectivity index (χ1) is 8.16. The summed E-state index contributed by atoms with van der Waals surface area (Å²) in [5.41, 5.74) is 0.717. The zero-order valence-corrected chi connectivity index (χ0v) is 11.6. The molecule has 3 nitrogen and oxygen atoms in total. The Bertz CT molecular complexity index is 419. The molecule has 0 aromatic heterocycles. The third kappa shape index (κ3) is 3.44. The lowest BCUT2D eigenvalue weighted by molar-refractivity contribution is -0.118. The molecule has 0 radical (unpaired) electrons. The first kappa shape index (κ1) is 12.9. The van der Waals surface area contributed by atoms with E-state index in [1.807, 2.05) is 6.07 Å². The third-order valence-electron chi connectivity index (χ3n) is 2.81. The normalized spacial score (nSPS) is 20.0. The number of benzene rings is 1. The van der Waals surface area contributed by atoms with Gasteiger partial charge in [-0.1, -0.05) is 18.0 Å². The highest BCUT2D eigenvalue weighted by Gasteiger charge is 2.20. The summed E-state index contributed by atoms with van der Waals surface area (Å²) in [6, 6.07) is 5.26. The van der Waals surface area contributed by atoms with Crippen molar-refractivity contribution in [2.24, 2.45) is 0 Å². The Labute approximate surface area is 114 Å². The van der Waals surface area contributed by atoms with Crippen LogP contribution in [0.5, 0.6) is 0 Å². The molecular formula is C12H14BrClN2O. The van der Waals surface area contributed by atoms with E-state index in [1.165, 1.54) is 0 Å². The molecule has 1 aromatic carbocycles. The van der Waals surface area contributed by atoms with Gasteiger partial charge in [-0.25, -0.2) is 0 Å². The average Bonchev–Trinajstić information content (AvgIpc) is 2.35. The topological polar surface area (TPSA) is 41.1 Å². The van der Waals surface area contributed by atoms with Gasteiger partial charge in [-0.3, -0.25) is 4.79 Å². The predicted octanol–water partition coefficient (Wildman–Crippen LogP) is 3.18. The highest BCUT2D eigenvalue weighted by atomic mass is 79.9. The number of hydrogen-bond acceptors (Lipinski definition) is 2. The van der Waals surface area contributed by atoms with Crippen LogP contribution < -0.4 is 10.6 Å². The van der Waals surface area contributed by atoms with Crippen molar-refractivity contribution < 1.29 is 4.79 Å². The first-order valence-corrected chi connectivity index (χ1v) is 6.83.